The molecule has 0 unspecified atom stereocenters. The first kappa shape index (κ1) is 9.99. The van der Waals surface area contributed by atoms with Gasteiger partial charge in [-0.15, -0.1) is 11.6 Å². The van der Waals surface area contributed by atoms with Crippen molar-refractivity contribution in [3.8, 4) is 0 Å². The third-order valence-corrected chi connectivity index (χ3v) is 1.83. The minimum absolute atomic E-state index is 0.100. The second kappa shape index (κ2) is 4.23. The van der Waals surface area contributed by atoms with Gasteiger partial charge in [-0.3, -0.25) is 4.79 Å². The number of anilines is 1. The fraction of sp³-hybridized carbons (Fsp3) is 0.222. The van der Waals surface area contributed by atoms with Crippen LogP contribution in [0.3, 0.4) is 0 Å². The molecule has 0 saturated heterocycles. The van der Waals surface area contributed by atoms with Crippen LogP contribution in [0.5, 0.6) is 0 Å². The maximum atomic E-state index is 12.6. The lowest BCUT2D eigenvalue weighted by molar-refractivity contribution is -0.113. The molecule has 0 aromatic heterocycles. The van der Waals surface area contributed by atoms with Gasteiger partial charge >= 0.3 is 0 Å². The molecule has 70 valence electrons. The monoisotopic (exact) mass is 201 g/mol. The van der Waals surface area contributed by atoms with E-state index in [0.717, 1.165) is 0 Å². The Morgan fingerprint density at radius 3 is 2.85 bits per heavy atom. The fourth-order valence-corrected chi connectivity index (χ4v) is 1.02. The van der Waals surface area contributed by atoms with E-state index >= 15 is 0 Å². The molecule has 0 aliphatic heterocycles. The summed E-state index contributed by atoms with van der Waals surface area (Å²) in [5.41, 5.74) is 1.27. The van der Waals surface area contributed by atoms with E-state index in [2.05, 4.69) is 5.32 Å². The summed E-state index contributed by atoms with van der Waals surface area (Å²) in [6.07, 6.45) is 0. The molecular formula is C9H9ClFNO. The lowest BCUT2D eigenvalue weighted by Crippen LogP contribution is -2.13. The van der Waals surface area contributed by atoms with Crippen LogP contribution in [0.1, 0.15) is 5.56 Å². The van der Waals surface area contributed by atoms with Crippen LogP contribution in [0, 0.1) is 12.7 Å². The van der Waals surface area contributed by atoms with E-state index in [1.807, 2.05) is 0 Å². The largest absolute Gasteiger partial charge is 0.325 e. The second-order valence-corrected chi connectivity index (χ2v) is 2.91. The molecule has 0 fully saturated rings. The number of amides is 1. The fourth-order valence-electron chi connectivity index (χ4n) is 0.951. The SMILES string of the molecule is Cc1cc(F)ccc1NC(=O)CCl. The minimum atomic E-state index is -0.318. The highest BCUT2D eigenvalue weighted by Crippen LogP contribution is 2.15. The van der Waals surface area contributed by atoms with E-state index in [0.29, 0.717) is 11.3 Å². The Morgan fingerprint density at radius 2 is 2.31 bits per heavy atom. The summed E-state index contributed by atoms with van der Waals surface area (Å²) in [7, 11) is 0. The first-order chi connectivity index (χ1) is 6.13. The molecule has 4 heteroatoms. The van der Waals surface area contributed by atoms with Gasteiger partial charge in [0.2, 0.25) is 5.91 Å². The number of nitrogens with one attached hydrogen (secondary N) is 1. The third kappa shape index (κ3) is 2.70. The Kier molecular flexibility index (Phi) is 3.25. The smallest absolute Gasteiger partial charge is 0.239 e. The molecule has 1 aromatic carbocycles. The zero-order valence-electron chi connectivity index (χ0n) is 7.10. The van der Waals surface area contributed by atoms with Crippen LogP contribution in [-0.4, -0.2) is 11.8 Å². The summed E-state index contributed by atoms with van der Waals surface area (Å²) in [5.74, 6) is -0.714. The predicted molar refractivity (Wildman–Crippen MR) is 50.5 cm³/mol. The second-order valence-electron chi connectivity index (χ2n) is 2.64. The highest BCUT2D eigenvalue weighted by molar-refractivity contribution is 6.29. The summed E-state index contributed by atoms with van der Waals surface area (Å²) in [6, 6.07) is 4.15. The first-order valence-electron chi connectivity index (χ1n) is 3.75. The molecular weight excluding hydrogens is 193 g/mol. The Morgan fingerprint density at radius 1 is 1.62 bits per heavy atom. The van der Waals surface area contributed by atoms with Crippen LogP contribution >= 0.6 is 11.6 Å². The van der Waals surface area contributed by atoms with Gasteiger partial charge in [0.25, 0.3) is 0 Å². The van der Waals surface area contributed by atoms with E-state index in [1.165, 1.54) is 18.2 Å². The van der Waals surface area contributed by atoms with Crippen molar-refractivity contribution in [3.63, 3.8) is 0 Å². The number of aryl methyl sites for hydroxylation is 1. The third-order valence-electron chi connectivity index (χ3n) is 1.58. The van der Waals surface area contributed by atoms with Crippen molar-refractivity contribution in [2.45, 2.75) is 6.92 Å². The molecule has 13 heavy (non-hydrogen) atoms. The van der Waals surface area contributed by atoms with Gasteiger partial charge in [-0.2, -0.15) is 0 Å². The number of carbonyl (C=O) groups is 1. The predicted octanol–water partition coefficient (Wildman–Crippen LogP) is 2.31. The number of carbonyl (C=O) groups excluding carboxylic acids is 1. The van der Waals surface area contributed by atoms with Gasteiger partial charge < -0.3 is 5.32 Å². The molecule has 0 saturated carbocycles. The van der Waals surface area contributed by atoms with Crippen LogP contribution in [0.2, 0.25) is 0 Å². The molecule has 0 aliphatic rings. The zero-order chi connectivity index (χ0) is 9.84. The number of halogens is 2. The van der Waals surface area contributed by atoms with E-state index < -0.39 is 0 Å². The average molecular weight is 202 g/mol. The van der Waals surface area contributed by atoms with E-state index in [-0.39, 0.29) is 17.6 Å². The van der Waals surface area contributed by atoms with Gasteiger partial charge in [-0.1, -0.05) is 0 Å². The molecule has 0 bridgehead atoms. The average Bonchev–Trinajstić information content (AvgIpc) is 2.09. The molecule has 1 rings (SSSR count). The van der Waals surface area contributed by atoms with Crippen molar-refractivity contribution in [2.75, 3.05) is 11.2 Å². The maximum Gasteiger partial charge on any atom is 0.239 e. The molecule has 2 nitrogen and oxygen atoms in total. The maximum absolute atomic E-state index is 12.6. The van der Waals surface area contributed by atoms with Gasteiger partial charge in [-0.05, 0) is 30.7 Å². The van der Waals surface area contributed by atoms with Crippen LogP contribution in [0.15, 0.2) is 18.2 Å². The van der Waals surface area contributed by atoms with Gasteiger partial charge in [0.1, 0.15) is 11.7 Å². The van der Waals surface area contributed by atoms with Crippen molar-refractivity contribution >= 4 is 23.2 Å². The van der Waals surface area contributed by atoms with E-state index in [4.69, 9.17) is 11.6 Å². The highest BCUT2D eigenvalue weighted by Gasteiger charge is 2.03. The Bertz CT molecular complexity index is 327. The van der Waals surface area contributed by atoms with Crippen LogP contribution in [-0.2, 0) is 4.79 Å². The van der Waals surface area contributed by atoms with Crippen molar-refractivity contribution in [1.82, 2.24) is 0 Å². The molecule has 0 radical (unpaired) electrons. The molecule has 0 spiro atoms. The number of hydrogen-bond acceptors (Lipinski definition) is 1. The first-order valence-corrected chi connectivity index (χ1v) is 4.29. The summed E-state index contributed by atoms with van der Waals surface area (Å²) in [4.78, 5) is 10.9. The van der Waals surface area contributed by atoms with Crippen LogP contribution in [0.4, 0.5) is 10.1 Å². The minimum Gasteiger partial charge on any atom is -0.325 e. The number of rotatable bonds is 2. The molecule has 0 heterocycles. The topological polar surface area (TPSA) is 29.1 Å². The Balaban J connectivity index is 2.83. The van der Waals surface area contributed by atoms with Crippen LogP contribution in [0.25, 0.3) is 0 Å². The lowest BCUT2D eigenvalue weighted by Gasteiger charge is -2.05. The Labute approximate surface area is 80.7 Å². The van der Waals surface area contributed by atoms with E-state index in [1.54, 1.807) is 6.92 Å². The number of benzene rings is 1. The van der Waals surface area contributed by atoms with Crippen molar-refractivity contribution < 1.29 is 9.18 Å². The number of alkyl halides is 1. The molecule has 0 aliphatic carbocycles. The van der Waals surface area contributed by atoms with E-state index in [9.17, 15) is 9.18 Å². The molecule has 0 atom stereocenters. The normalized spacial score (nSPS) is 9.77. The molecule has 1 amide bonds. The van der Waals surface area contributed by atoms with Gasteiger partial charge in [-0.25, -0.2) is 4.39 Å². The highest BCUT2D eigenvalue weighted by atomic mass is 35.5. The quantitative estimate of drug-likeness (QED) is 0.731. The van der Waals surface area contributed by atoms with Gasteiger partial charge in [0, 0.05) is 5.69 Å². The molecule has 1 N–H and O–H groups in total. The lowest BCUT2D eigenvalue weighted by atomic mass is 10.2. The summed E-state index contributed by atoms with van der Waals surface area (Å²) >= 11 is 5.30. The summed E-state index contributed by atoms with van der Waals surface area (Å²) < 4.78 is 12.6. The van der Waals surface area contributed by atoms with Crippen molar-refractivity contribution in [1.29, 1.82) is 0 Å². The van der Waals surface area contributed by atoms with Crippen molar-refractivity contribution in [3.05, 3.63) is 29.6 Å². The van der Waals surface area contributed by atoms with Gasteiger partial charge in [0.15, 0.2) is 0 Å². The van der Waals surface area contributed by atoms with Crippen molar-refractivity contribution in [2.24, 2.45) is 0 Å². The standard InChI is InChI=1S/C9H9ClFNO/c1-6-4-7(11)2-3-8(6)12-9(13)5-10/h2-4H,5H2,1H3,(H,12,13). The zero-order valence-corrected chi connectivity index (χ0v) is 7.86. The van der Waals surface area contributed by atoms with Crippen LogP contribution < -0.4 is 5.32 Å². The number of hydrogen-bond donors (Lipinski definition) is 1. The summed E-state index contributed by atoms with van der Waals surface area (Å²) in [5, 5.41) is 2.55. The Hall–Kier alpha value is -1.09. The summed E-state index contributed by atoms with van der Waals surface area (Å²) in [6.45, 7) is 1.72. The molecule has 1 aromatic rings. The van der Waals surface area contributed by atoms with Gasteiger partial charge in [0.05, 0.1) is 0 Å².